The molecule has 1 N–H and O–H groups in total. The van der Waals surface area contributed by atoms with Crippen LogP contribution in [0.15, 0.2) is 36.4 Å². The molecule has 1 aliphatic rings. The Bertz CT molecular complexity index is 1090. The molecule has 0 radical (unpaired) electrons. The summed E-state index contributed by atoms with van der Waals surface area (Å²) in [6.45, 7) is 3.19. The van der Waals surface area contributed by atoms with Gasteiger partial charge in [-0.1, -0.05) is 0 Å². The van der Waals surface area contributed by atoms with Gasteiger partial charge in [0.25, 0.3) is 0 Å². The molecule has 1 aromatic heterocycles. The van der Waals surface area contributed by atoms with Crippen molar-refractivity contribution in [2.24, 2.45) is 0 Å². The van der Waals surface area contributed by atoms with E-state index in [0.717, 1.165) is 46.0 Å². The Labute approximate surface area is 181 Å². The number of aromatic amines is 1. The van der Waals surface area contributed by atoms with Crippen molar-refractivity contribution >= 4 is 5.91 Å². The lowest BCUT2D eigenvalue weighted by molar-refractivity contribution is -0.131. The number of amides is 1. The minimum Gasteiger partial charge on any atom is -0.497 e. The van der Waals surface area contributed by atoms with Gasteiger partial charge in [0.2, 0.25) is 5.91 Å². The van der Waals surface area contributed by atoms with Crippen molar-refractivity contribution in [3.05, 3.63) is 58.8 Å². The van der Waals surface area contributed by atoms with E-state index in [0.29, 0.717) is 25.3 Å². The fourth-order valence-electron chi connectivity index (χ4n) is 4.02. The molecule has 0 saturated heterocycles. The van der Waals surface area contributed by atoms with E-state index in [4.69, 9.17) is 14.2 Å². The monoisotopic (exact) mass is 421 g/mol. The SMILES string of the molecule is COc1ccc(-c2n[nH]c(C)c2CC(=O)N2CCc3cc(OC)c(OC)cc3C2)cc1. The summed E-state index contributed by atoms with van der Waals surface area (Å²) in [5, 5.41) is 7.48. The molecule has 0 saturated carbocycles. The van der Waals surface area contributed by atoms with Crippen LogP contribution in [0.3, 0.4) is 0 Å². The molecule has 7 nitrogen and oxygen atoms in total. The van der Waals surface area contributed by atoms with Crippen molar-refractivity contribution in [2.75, 3.05) is 27.9 Å². The lowest BCUT2D eigenvalue weighted by Gasteiger charge is -2.30. The molecule has 1 aliphatic heterocycles. The summed E-state index contributed by atoms with van der Waals surface area (Å²) in [4.78, 5) is 15.1. The maximum absolute atomic E-state index is 13.2. The molecule has 2 heterocycles. The van der Waals surface area contributed by atoms with E-state index in [1.807, 2.05) is 48.2 Å². The number of H-pyrrole nitrogens is 1. The quantitative estimate of drug-likeness (QED) is 0.659. The molecule has 0 bridgehead atoms. The normalized spacial score (nSPS) is 13.0. The van der Waals surface area contributed by atoms with Gasteiger partial charge >= 0.3 is 0 Å². The number of benzene rings is 2. The third-order valence-electron chi connectivity index (χ3n) is 5.84. The second-order valence-corrected chi connectivity index (χ2v) is 7.62. The van der Waals surface area contributed by atoms with Gasteiger partial charge in [-0.3, -0.25) is 9.89 Å². The van der Waals surface area contributed by atoms with Crippen molar-refractivity contribution in [3.8, 4) is 28.5 Å². The molecule has 0 aliphatic carbocycles. The van der Waals surface area contributed by atoms with Crippen LogP contribution in [0.5, 0.6) is 17.2 Å². The Morgan fingerprint density at radius 2 is 1.71 bits per heavy atom. The van der Waals surface area contributed by atoms with E-state index in [-0.39, 0.29) is 5.91 Å². The largest absolute Gasteiger partial charge is 0.497 e. The number of aryl methyl sites for hydroxylation is 1. The van der Waals surface area contributed by atoms with Crippen LogP contribution < -0.4 is 14.2 Å². The number of ether oxygens (including phenoxy) is 3. The highest BCUT2D eigenvalue weighted by Crippen LogP contribution is 2.34. The average molecular weight is 421 g/mol. The summed E-state index contributed by atoms with van der Waals surface area (Å²) >= 11 is 0. The summed E-state index contributed by atoms with van der Waals surface area (Å²) in [6, 6.07) is 11.7. The highest BCUT2D eigenvalue weighted by molar-refractivity contribution is 5.82. The lowest BCUT2D eigenvalue weighted by atomic mass is 9.97. The summed E-state index contributed by atoms with van der Waals surface area (Å²) in [6.07, 6.45) is 1.09. The molecule has 0 fully saturated rings. The topological polar surface area (TPSA) is 76.7 Å². The van der Waals surface area contributed by atoms with Crippen molar-refractivity contribution in [1.82, 2.24) is 15.1 Å². The van der Waals surface area contributed by atoms with Gasteiger partial charge in [0, 0.05) is 29.9 Å². The minimum atomic E-state index is 0.0831. The van der Waals surface area contributed by atoms with Crippen molar-refractivity contribution in [1.29, 1.82) is 0 Å². The zero-order valence-electron chi connectivity index (χ0n) is 18.3. The van der Waals surface area contributed by atoms with Crippen LogP contribution in [0.4, 0.5) is 0 Å². The molecule has 162 valence electrons. The number of carbonyl (C=O) groups excluding carboxylic acids is 1. The summed E-state index contributed by atoms with van der Waals surface area (Å²) < 4.78 is 16.1. The fraction of sp³-hybridized carbons (Fsp3) is 0.333. The zero-order valence-corrected chi connectivity index (χ0v) is 18.3. The molecule has 0 spiro atoms. The molecule has 0 atom stereocenters. The number of nitrogens with zero attached hydrogens (tertiary/aromatic N) is 2. The summed E-state index contributed by atoms with van der Waals surface area (Å²) in [5.41, 5.74) is 5.87. The first-order valence-corrected chi connectivity index (χ1v) is 10.2. The van der Waals surface area contributed by atoms with E-state index < -0.39 is 0 Å². The van der Waals surface area contributed by atoms with Crippen LogP contribution >= 0.6 is 0 Å². The van der Waals surface area contributed by atoms with Gasteiger partial charge in [-0.25, -0.2) is 0 Å². The molecule has 3 aromatic rings. The van der Waals surface area contributed by atoms with Crippen LogP contribution in [0.1, 0.15) is 22.4 Å². The molecule has 1 amide bonds. The van der Waals surface area contributed by atoms with Crippen LogP contribution in [0.2, 0.25) is 0 Å². The third kappa shape index (κ3) is 4.08. The van der Waals surface area contributed by atoms with Crippen molar-refractivity contribution < 1.29 is 19.0 Å². The van der Waals surface area contributed by atoms with E-state index in [1.165, 1.54) is 5.56 Å². The van der Waals surface area contributed by atoms with E-state index >= 15 is 0 Å². The molecule has 4 rings (SSSR count). The van der Waals surface area contributed by atoms with Crippen LogP contribution in [-0.2, 0) is 24.2 Å². The Balaban J connectivity index is 1.54. The van der Waals surface area contributed by atoms with Gasteiger partial charge in [0.1, 0.15) is 5.75 Å². The van der Waals surface area contributed by atoms with Crippen molar-refractivity contribution in [2.45, 2.75) is 26.3 Å². The van der Waals surface area contributed by atoms with E-state index in [1.54, 1.807) is 21.3 Å². The maximum Gasteiger partial charge on any atom is 0.227 e. The van der Waals surface area contributed by atoms with Gasteiger partial charge in [0.15, 0.2) is 11.5 Å². The second kappa shape index (κ2) is 8.71. The number of aromatic nitrogens is 2. The fourth-order valence-corrected chi connectivity index (χ4v) is 4.02. The number of carbonyl (C=O) groups is 1. The number of rotatable bonds is 6. The summed E-state index contributed by atoms with van der Waals surface area (Å²) in [5.74, 6) is 2.27. The molecule has 31 heavy (non-hydrogen) atoms. The predicted octanol–water partition coefficient (Wildman–Crippen LogP) is 3.54. The molecule has 7 heteroatoms. The maximum atomic E-state index is 13.2. The van der Waals surface area contributed by atoms with Crippen LogP contribution in [0, 0.1) is 6.92 Å². The standard InChI is InChI=1S/C24H27N3O4/c1-15-20(24(26-25-15)16-5-7-19(29-2)8-6-16)13-23(28)27-10-9-17-11-21(30-3)22(31-4)12-18(17)14-27/h5-8,11-12H,9-10,13-14H2,1-4H3,(H,25,26). The van der Waals surface area contributed by atoms with Crippen molar-refractivity contribution in [3.63, 3.8) is 0 Å². The first-order chi connectivity index (χ1) is 15.0. The molecule has 2 aromatic carbocycles. The van der Waals surface area contributed by atoms with Gasteiger partial charge in [0.05, 0.1) is 33.4 Å². The van der Waals surface area contributed by atoms with Gasteiger partial charge < -0.3 is 19.1 Å². The number of methoxy groups -OCH3 is 3. The number of hydrogen-bond acceptors (Lipinski definition) is 5. The van der Waals surface area contributed by atoms with E-state index in [2.05, 4.69) is 10.2 Å². The van der Waals surface area contributed by atoms with Crippen LogP contribution in [-0.4, -0.2) is 48.9 Å². The minimum absolute atomic E-state index is 0.0831. The first kappa shape index (κ1) is 20.8. The van der Waals surface area contributed by atoms with Gasteiger partial charge in [-0.2, -0.15) is 5.10 Å². The number of fused-ring (bicyclic) bond motifs is 1. The average Bonchev–Trinajstić information content (AvgIpc) is 3.17. The Hall–Kier alpha value is -3.48. The number of nitrogens with one attached hydrogen (secondary N) is 1. The van der Waals surface area contributed by atoms with E-state index in [9.17, 15) is 4.79 Å². The Kier molecular flexibility index (Phi) is 5.84. The number of hydrogen-bond donors (Lipinski definition) is 1. The third-order valence-corrected chi connectivity index (χ3v) is 5.84. The Morgan fingerprint density at radius 3 is 2.35 bits per heavy atom. The second-order valence-electron chi connectivity index (χ2n) is 7.62. The molecule has 0 unspecified atom stereocenters. The van der Waals surface area contributed by atoms with Gasteiger partial charge in [-0.05, 0) is 60.9 Å². The highest BCUT2D eigenvalue weighted by atomic mass is 16.5. The van der Waals surface area contributed by atoms with Crippen LogP contribution in [0.25, 0.3) is 11.3 Å². The zero-order chi connectivity index (χ0) is 22.0. The highest BCUT2D eigenvalue weighted by Gasteiger charge is 2.25. The molecular formula is C24H27N3O4. The smallest absolute Gasteiger partial charge is 0.227 e. The molecular weight excluding hydrogens is 394 g/mol. The van der Waals surface area contributed by atoms with Gasteiger partial charge in [-0.15, -0.1) is 0 Å². The predicted molar refractivity (Wildman–Crippen MR) is 118 cm³/mol. The first-order valence-electron chi connectivity index (χ1n) is 10.2. The lowest BCUT2D eigenvalue weighted by Crippen LogP contribution is -2.37. The summed E-state index contributed by atoms with van der Waals surface area (Å²) in [7, 11) is 4.90. The Morgan fingerprint density at radius 1 is 1.03 bits per heavy atom.